The molecule has 2 aromatic rings. The third kappa shape index (κ3) is 2.28. The molecule has 0 spiro atoms. The summed E-state index contributed by atoms with van der Waals surface area (Å²) in [6.07, 6.45) is 1.08. The van der Waals surface area contributed by atoms with Crippen LogP contribution in [0.2, 0.25) is 0 Å². The minimum atomic E-state index is -0.300. The number of benzene rings is 2. The molecule has 0 saturated heterocycles. The lowest BCUT2D eigenvalue weighted by Gasteiger charge is -1.93. The predicted octanol–water partition coefficient (Wildman–Crippen LogP) is 2.19. The first-order valence-electron chi connectivity index (χ1n) is 6.41. The number of hydrogen-bond donors (Lipinski definition) is 1. The van der Waals surface area contributed by atoms with E-state index in [1.54, 1.807) is 24.3 Å². The number of hydrogen-bond acceptors (Lipinski definition) is 3. The van der Waals surface area contributed by atoms with E-state index in [1.807, 2.05) is 18.2 Å². The Hall–Kier alpha value is -2.62. The molecular formula is C16H13NO3. The summed E-state index contributed by atoms with van der Waals surface area (Å²) in [5.74, 6) is 0.466. The van der Waals surface area contributed by atoms with Gasteiger partial charge in [-0.15, -0.1) is 0 Å². The zero-order valence-electron chi connectivity index (χ0n) is 10.8. The Morgan fingerprint density at radius 3 is 2.10 bits per heavy atom. The second-order valence-corrected chi connectivity index (χ2v) is 4.54. The fourth-order valence-corrected chi connectivity index (χ4v) is 2.24. The molecular weight excluding hydrogens is 254 g/mol. The van der Waals surface area contributed by atoms with Gasteiger partial charge in [-0.05, 0) is 23.8 Å². The second-order valence-electron chi connectivity index (χ2n) is 4.54. The molecule has 0 aliphatic carbocycles. The van der Waals surface area contributed by atoms with Crippen LogP contribution in [0.25, 0.3) is 0 Å². The van der Waals surface area contributed by atoms with E-state index in [9.17, 15) is 9.59 Å². The molecule has 0 bridgehead atoms. The number of para-hydroxylation sites is 1. The number of rotatable bonds is 0. The van der Waals surface area contributed by atoms with Crippen molar-refractivity contribution in [2.45, 2.75) is 6.42 Å². The fourth-order valence-electron chi connectivity index (χ4n) is 2.24. The van der Waals surface area contributed by atoms with E-state index >= 15 is 0 Å². The maximum Gasteiger partial charge on any atom is 0.258 e. The molecule has 0 unspecified atom stereocenters. The van der Waals surface area contributed by atoms with Crippen LogP contribution < -0.4 is 10.1 Å². The van der Waals surface area contributed by atoms with Gasteiger partial charge in [0.05, 0.1) is 17.7 Å². The van der Waals surface area contributed by atoms with Crippen LogP contribution in [0.1, 0.15) is 26.3 Å². The zero-order chi connectivity index (χ0) is 13.9. The lowest BCUT2D eigenvalue weighted by Crippen LogP contribution is -2.19. The normalized spacial score (nSPS) is 14.6. The van der Waals surface area contributed by atoms with Crippen molar-refractivity contribution in [2.75, 3.05) is 6.61 Å². The van der Waals surface area contributed by atoms with Crippen molar-refractivity contribution in [1.82, 2.24) is 5.32 Å². The number of nitrogens with one attached hydrogen (secondary N) is 1. The Morgan fingerprint density at radius 1 is 0.850 bits per heavy atom. The molecule has 4 nitrogen and oxygen atoms in total. The quantitative estimate of drug-likeness (QED) is 0.744. The van der Waals surface area contributed by atoms with Crippen molar-refractivity contribution >= 4 is 11.8 Å². The molecule has 2 heterocycles. The number of amides is 2. The molecule has 0 radical (unpaired) electrons. The van der Waals surface area contributed by atoms with Gasteiger partial charge >= 0.3 is 0 Å². The van der Waals surface area contributed by atoms with E-state index in [0.717, 1.165) is 18.8 Å². The smallest absolute Gasteiger partial charge is 0.258 e. The summed E-state index contributed by atoms with van der Waals surface area (Å²) in [5, 5.41) is 2.20. The van der Waals surface area contributed by atoms with E-state index < -0.39 is 0 Å². The molecule has 1 N–H and O–H groups in total. The van der Waals surface area contributed by atoms with Gasteiger partial charge in [0, 0.05) is 6.42 Å². The Labute approximate surface area is 116 Å². The Kier molecular flexibility index (Phi) is 3.21. The van der Waals surface area contributed by atoms with Gasteiger partial charge in [0.15, 0.2) is 0 Å². The number of imide groups is 1. The van der Waals surface area contributed by atoms with Gasteiger partial charge in [-0.3, -0.25) is 14.9 Å². The summed E-state index contributed by atoms with van der Waals surface area (Å²) in [4.78, 5) is 21.9. The number of fused-ring (bicyclic) bond motifs is 2. The third-order valence-electron chi connectivity index (χ3n) is 3.24. The molecule has 4 rings (SSSR count). The lowest BCUT2D eigenvalue weighted by atomic mass is 10.1. The summed E-state index contributed by atoms with van der Waals surface area (Å²) in [5.41, 5.74) is 2.28. The van der Waals surface area contributed by atoms with E-state index in [2.05, 4.69) is 11.4 Å². The Morgan fingerprint density at radius 2 is 1.45 bits per heavy atom. The van der Waals surface area contributed by atoms with Crippen LogP contribution in [-0.2, 0) is 6.42 Å². The number of carbonyl (C=O) groups excluding carboxylic acids is 2. The van der Waals surface area contributed by atoms with Gasteiger partial charge in [-0.1, -0.05) is 30.3 Å². The molecule has 0 fully saturated rings. The van der Waals surface area contributed by atoms with Gasteiger partial charge in [-0.25, -0.2) is 0 Å². The van der Waals surface area contributed by atoms with E-state index in [4.69, 9.17) is 4.74 Å². The van der Waals surface area contributed by atoms with Gasteiger partial charge in [0.25, 0.3) is 11.8 Å². The van der Waals surface area contributed by atoms with Crippen LogP contribution >= 0.6 is 0 Å². The highest BCUT2D eigenvalue weighted by atomic mass is 16.5. The standard InChI is InChI=1S/C8H5NO2.C8H8O/c10-7-5-3-1-2-4-6(5)8(11)9-7;1-2-4-8-7(3-1)5-6-9-8/h1-4H,(H,9,10,11);1-4H,5-6H2. The molecule has 2 aliphatic heterocycles. The van der Waals surface area contributed by atoms with E-state index in [0.29, 0.717) is 11.1 Å². The predicted molar refractivity (Wildman–Crippen MR) is 73.9 cm³/mol. The van der Waals surface area contributed by atoms with Gasteiger partial charge < -0.3 is 4.74 Å². The lowest BCUT2D eigenvalue weighted by molar-refractivity contribution is 0.0879. The van der Waals surface area contributed by atoms with Crippen LogP contribution in [0, 0.1) is 0 Å². The first-order valence-corrected chi connectivity index (χ1v) is 6.41. The molecule has 2 aromatic carbocycles. The van der Waals surface area contributed by atoms with E-state index in [1.165, 1.54) is 5.56 Å². The minimum absolute atomic E-state index is 0.300. The average Bonchev–Trinajstić information content (AvgIpc) is 3.06. The van der Waals surface area contributed by atoms with Gasteiger partial charge in [-0.2, -0.15) is 0 Å². The fraction of sp³-hybridized carbons (Fsp3) is 0.125. The molecule has 100 valence electrons. The summed E-state index contributed by atoms with van der Waals surface area (Å²) >= 11 is 0. The maximum absolute atomic E-state index is 10.9. The minimum Gasteiger partial charge on any atom is -0.493 e. The Bertz CT molecular complexity index is 623. The van der Waals surface area contributed by atoms with Crippen LogP contribution in [0.5, 0.6) is 5.75 Å². The van der Waals surface area contributed by atoms with Gasteiger partial charge in [0.2, 0.25) is 0 Å². The molecule has 4 heteroatoms. The molecule has 0 atom stereocenters. The highest BCUT2D eigenvalue weighted by Gasteiger charge is 2.25. The first-order chi connectivity index (χ1) is 9.75. The van der Waals surface area contributed by atoms with Crippen molar-refractivity contribution in [1.29, 1.82) is 0 Å². The molecule has 2 aliphatic rings. The Balaban J connectivity index is 0.000000123. The van der Waals surface area contributed by atoms with Crippen LogP contribution in [-0.4, -0.2) is 18.4 Å². The number of ether oxygens (including phenoxy) is 1. The van der Waals surface area contributed by atoms with Crippen molar-refractivity contribution < 1.29 is 14.3 Å². The van der Waals surface area contributed by atoms with E-state index in [-0.39, 0.29) is 11.8 Å². The molecule has 0 saturated carbocycles. The van der Waals surface area contributed by atoms with Crippen molar-refractivity contribution in [2.24, 2.45) is 0 Å². The first kappa shape index (κ1) is 12.4. The van der Waals surface area contributed by atoms with Gasteiger partial charge in [0.1, 0.15) is 5.75 Å². The summed E-state index contributed by atoms with van der Waals surface area (Å²) in [6, 6.07) is 14.9. The van der Waals surface area contributed by atoms with Crippen LogP contribution in [0.3, 0.4) is 0 Å². The number of carbonyl (C=O) groups is 2. The third-order valence-corrected chi connectivity index (χ3v) is 3.24. The zero-order valence-corrected chi connectivity index (χ0v) is 10.8. The summed E-state index contributed by atoms with van der Waals surface area (Å²) in [7, 11) is 0. The largest absolute Gasteiger partial charge is 0.493 e. The maximum atomic E-state index is 10.9. The van der Waals surface area contributed by atoms with Crippen molar-refractivity contribution in [3.63, 3.8) is 0 Å². The van der Waals surface area contributed by atoms with Crippen LogP contribution in [0.15, 0.2) is 48.5 Å². The SMILES string of the molecule is O=C1NC(=O)c2ccccc21.c1ccc2c(c1)CCO2. The monoisotopic (exact) mass is 267 g/mol. The summed E-state index contributed by atoms with van der Waals surface area (Å²) < 4.78 is 5.30. The second kappa shape index (κ2) is 5.17. The average molecular weight is 267 g/mol. The molecule has 2 amide bonds. The van der Waals surface area contributed by atoms with Crippen molar-refractivity contribution in [3.8, 4) is 5.75 Å². The molecule has 20 heavy (non-hydrogen) atoms. The van der Waals surface area contributed by atoms with Crippen LogP contribution in [0.4, 0.5) is 0 Å². The highest BCUT2D eigenvalue weighted by Crippen LogP contribution is 2.23. The topological polar surface area (TPSA) is 55.4 Å². The summed E-state index contributed by atoms with van der Waals surface area (Å²) in [6.45, 7) is 0.860. The molecule has 0 aromatic heterocycles. The highest BCUT2D eigenvalue weighted by molar-refractivity contribution is 6.21. The van der Waals surface area contributed by atoms with Crippen molar-refractivity contribution in [3.05, 3.63) is 65.2 Å².